The molecular formula is C14H28OSi. The SMILES string of the molecule is C=C(C)/C=C/O[Si](C(C)C)(C(C)C)C(C)C. The van der Waals surface area contributed by atoms with Crippen molar-refractivity contribution in [3.8, 4) is 0 Å². The fourth-order valence-corrected chi connectivity index (χ4v) is 7.80. The van der Waals surface area contributed by atoms with Crippen LogP contribution in [0.15, 0.2) is 24.5 Å². The third-order valence-corrected chi connectivity index (χ3v) is 9.29. The Morgan fingerprint density at radius 3 is 1.62 bits per heavy atom. The Morgan fingerprint density at radius 1 is 1.00 bits per heavy atom. The smallest absolute Gasteiger partial charge is 0.257 e. The molecule has 0 fully saturated rings. The van der Waals surface area contributed by atoms with Crippen molar-refractivity contribution in [2.24, 2.45) is 0 Å². The van der Waals surface area contributed by atoms with Gasteiger partial charge in [-0.1, -0.05) is 53.7 Å². The zero-order valence-electron chi connectivity index (χ0n) is 12.0. The highest BCUT2D eigenvalue weighted by Crippen LogP contribution is 2.42. The van der Waals surface area contributed by atoms with Crippen LogP contribution >= 0.6 is 0 Å². The van der Waals surface area contributed by atoms with E-state index in [0.29, 0.717) is 16.6 Å². The standard InChI is InChI=1S/C14H28OSi/c1-11(2)9-10-15-16(12(3)4,13(5)6)14(7)8/h9-10,12-14H,1H2,2-8H3/b10-9+. The van der Waals surface area contributed by atoms with Gasteiger partial charge in [-0.25, -0.2) is 0 Å². The number of allylic oxidation sites excluding steroid dienone is 2. The normalized spacial score (nSPS) is 13.1. The molecule has 0 aromatic carbocycles. The van der Waals surface area contributed by atoms with E-state index in [1.165, 1.54) is 0 Å². The van der Waals surface area contributed by atoms with E-state index in [4.69, 9.17) is 4.43 Å². The van der Waals surface area contributed by atoms with Gasteiger partial charge in [0.2, 0.25) is 0 Å². The summed E-state index contributed by atoms with van der Waals surface area (Å²) in [5.74, 6) is 0. The first-order valence-electron chi connectivity index (χ1n) is 6.25. The molecule has 0 aliphatic carbocycles. The second-order valence-electron chi connectivity index (χ2n) is 5.58. The van der Waals surface area contributed by atoms with Gasteiger partial charge in [0, 0.05) is 0 Å². The molecule has 94 valence electrons. The summed E-state index contributed by atoms with van der Waals surface area (Å²) in [6.07, 6.45) is 3.84. The van der Waals surface area contributed by atoms with Crippen LogP contribution in [0.5, 0.6) is 0 Å². The summed E-state index contributed by atoms with van der Waals surface area (Å²) < 4.78 is 6.22. The van der Waals surface area contributed by atoms with E-state index >= 15 is 0 Å². The molecule has 0 unspecified atom stereocenters. The molecule has 0 spiro atoms. The lowest BCUT2D eigenvalue weighted by molar-refractivity contribution is 0.416. The Morgan fingerprint density at radius 2 is 1.38 bits per heavy atom. The highest BCUT2D eigenvalue weighted by atomic mass is 28.4. The minimum atomic E-state index is -1.72. The van der Waals surface area contributed by atoms with Crippen molar-refractivity contribution in [3.63, 3.8) is 0 Å². The van der Waals surface area contributed by atoms with E-state index in [0.717, 1.165) is 5.57 Å². The fourth-order valence-electron chi connectivity index (χ4n) is 2.68. The van der Waals surface area contributed by atoms with Gasteiger partial charge >= 0.3 is 0 Å². The lowest BCUT2D eigenvalue weighted by Crippen LogP contribution is -2.46. The Kier molecular flexibility index (Phi) is 6.09. The molecule has 0 radical (unpaired) electrons. The minimum absolute atomic E-state index is 0.627. The quantitative estimate of drug-likeness (QED) is 0.349. The molecule has 0 saturated heterocycles. The summed E-state index contributed by atoms with van der Waals surface area (Å²) in [4.78, 5) is 0. The molecule has 16 heavy (non-hydrogen) atoms. The molecule has 0 aromatic heterocycles. The van der Waals surface area contributed by atoms with Crippen molar-refractivity contribution in [2.75, 3.05) is 0 Å². The Bertz CT molecular complexity index is 230. The summed E-state index contributed by atoms with van der Waals surface area (Å²) in [7, 11) is -1.72. The molecular weight excluding hydrogens is 212 g/mol. The summed E-state index contributed by atoms with van der Waals surface area (Å²) in [5.41, 5.74) is 2.92. The van der Waals surface area contributed by atoms with Gasteiger partial charge in [-0.2, -0.15) is 0 Å². The number of hydrogen-bond donors (Lipinski definition) is 0. The molecule has 0 N–H and O–H groups in total. The van der Waals surface area contributed by atoms with Crippen LogP contribution in [-0.2, 0) is 4.43 Å². The van der Waals surface area contributed by atoms with Gasteiger partial charge in [-0.15, -0.1) is 0 Å². The maximum absolute atomic E-state index is 6.22. The predicted octanol–water partition coefficient (Wildman–Crippen LogP) is 5.27. The third-order valence-electron chi connectivity index (χ3n) is 3.33. The predicted molar refractivity (Wildman–Crippen MR) is 76.1 cm³/mol. The van der Waals surface area contributed by atoms with E-state index in [1.807, 2.05) is 19.3 Å². The summed E-state index contributed by atoms with van der Waals surface area (Å²) in [5, 5.41) is 0. The monoisotopic (exact) mass is 240 g/mol. The highest BCUT2D eigenvalue weighted by molar-refractivity contribution is 6.77. The largest absolute Gasteiger partial charge is 0.548 e. The van der Waals surface area contributed by atoms with E-state index in [9.17, 15) is 0 Å². The van der Waals surface area contributed by atoms with Gasteiger partial charge in [-0.05, 0) is 29.6 Å². The van der Waals surface area contributed by atoms with Gasteiger partial charge < -0.3 is 4.43 Å². The summed E-state index contributed by atoms with van der Waals surface area (Å²) in [6.45, 7) is 19.6. The Labute approximate surface area is 103 Å². The molecule has 1 nitrogen and oxygen atoms in total. The van der Waals surface area contributed by atoms with Gasteiger partial charge in [0.15, 0.2) is 0 Å². The molecule has 0 aromatic rings. The summed E-state index contributed by atoms with van der Waals surface area (Å²) >= 11 is 0. The molecule has 2 heteroatoms. The van der Waals surface area contributed by atoms with Crippen LogP contribution < -0.4 is 0 Å². The Balaban J connectivity index is 4.98. The molecule has 0 aliphatic rings. The van der Waals surface area contributed by atoms with E-state index < -0.39 is 8.32 Å². The van der Waals surface area contributed by atoms with Crippen LogP contribution in [0.4, 0.5) is 0 Å². The Hall–Kier alpha value is -0.503. The zero-order valence-corrected chi connectivity index (χ0v) is 13.0. The zero-order chi connectivity index (χ0) is 12.9. The van der Waals surface area contributed by atoms with Crippen LogP contribution in [0.2, 0.25) is 16.6 Å². The van der Waals surface area contributed by atoms with Crippen LogP contribution in [0.3, 0.4) is 0 Å². The average molecular weight is 240 g/mol. The van der Waals surface area contributed by atoms with Crippen molar-refractivity contribution in [2.45, 2.75) is 65.1 Å². The second kappa shape index (κ2) is 6.29. The maximum atomic E-state index is 6.22. The average Bonchev–Trinajstić information content (AvgIpc) is 2.09. The van der Waals surface area contributed by atoms with E-state index in [-0.39, 0.29) is 0 Å². The maximum Gasteiger partial charge on any atom is 0.257 e. The van der Waals surface area contributed by atoms with Gasteiger partial charge in [0.1, 0.15) is 0 Å². The van der Waals surface area contributed by atoms with Crippen molar-refractivity contribution in [3.05, 3.63) is 24.5 Å². The van der Waals surface area contributed by atoms with Crippen molar-refractivity contribution in [1.82, 2.24) is 0 Å². The lowest BCUT2D eigenvalue weighted by atomic mass is 10.4. The lowest BCUT2D eigenvalue weighted by Gasteiger charge is -2.41. The van der Waals surface area contributed by atoms with Crippen LogP contribution in [0.25, 0.3) is 0 Å². The van der Waals surface area contributed by atoms with Crippen LogP contribution in [0.1, 0.15) is 48.5 Å². The number of rotatable bonds is 6. The summed E-state index contributed by atoms with van der Waals surface area (Å²) in [6, 6.07) is 0. The van der Waals surface area contributed by atoms with Crippen LogP contribution in [-0.4, -0.2) is 8.32 Å². The van der Waals surface area contributed by atoms with Gasteiger partial charge in [-0.3, -0.25) is 0 Å². The number of hydrogen-bond acceptors (Lipinski definition) is 1. The molecule has 0 bridgehead atoms. The van der Waals surface area contributed by atoms with Crippen molar-refractivity contribution in [1.29, 1.82) is 0 Å². The van der Waals surface area contributed by atoms with E-state index in [1.54, 1.807) is 0 Å². The first kappa shape index (κ1) is 15.5. The minimum Gasteiger partial charge on any atom is -0.548 e. The first-order chi connectivity index (χ1) is 7.25. The molecule has 0 aliphatic heterocycles. The highest BCUT2D eigenvalue weighted by Gasteiger charge is 2.46. The molecule has 0 saturated carbocycles. The molecule has 0 atom stereocenters. The fraction of sp³-hybridized carbons (Fsp3) is 0.714. The topological polar surface area (TPSA) is 9.23 Å². The van der Waals surface area contributed by atoms with Crippen LogP contribution in [0, 0.1) is 0 Å². The van der Waals surface area contributed by atoms with Crippen molar-refractivity contribution >= 4 is 8.32 Å². The van der Waals surface area contributed by atoms with Crippen molar-refractivity contribution < 1.29 is 4.43 Å². The molecule has 0 amide bonds. The first-order valence-corrected chi connectivity index (χ1v) is 8.39. The van der Waals surface area contributed by atoms with Gasteiger partial charge in [0.25, 0.3) is 8.32 Å². The van der Waals surface area contributed by atoms with Gasteiger partial charge in [0.05, 0.1) is 6.26 Å². The molecule has 0 heterocycles. The third kappa shape index (κ3) is 3.51. The second-order valence-corrected chi connectivity index (χ2v) is 11.0. The molecule has 0 rings (SSSR count). The van der Waals surface area contributed by atoms with E-state index in [2.05, 4.69) is 48.1 Å².